The molecule has 49 heavy (non-hydrogen) atoms. The van der Waals surface area contributed by atoms with Gasteiger partial charge in [-0.3, -0.25) is 4.79 Å². The first kappa shape index (κ1) is 31.4. The van der Waals surface area contributed by atoms with E-state index >= 15 is 0 Å². The fourth-order valence-corrected chi connectivity index (χ4v) is 8.47. The maximum Gasteiger partial charge on any atom is 0.252 e. The summed E-state index contributed by atoms with van der Waals surface area (Å²) in [7, 11) is 4.19. The molecule has 2 N–H and O–H groups in total. The molecule has 2 aliphatic carbocycles. The van der Waals surface area contributed by atoms with E-state index in [2.05, 4.69) is 75.4 Å². The largest absolute Gasteiger partial charge is 0.509 e. The van der Waals surface area contributed by atoms with Gasteiger partial charge < -0.3 is 29.2 Å². The second-order valence-corrected chi connectivity index (χ2v) is 14.1. The van der Waals surface area contributed by atoms with Crippen LogP contribution in [0.5, 0.6) is 0 Å². The van der Waals surface area contributed by atoms with Gasteiger partial charge in [0.2, 0.25) is 0 Å². The lowest BCUT2D eigenvalue weighted by atomic mass is 9.75. The molecule has 0 radical (unpaired) electrons. The molecule has 2 saturated carbocycles. The highest BCUT2D eigenvalue weighted by Gasteiger charge is 2.44. The van der Waals surface area contributed by atoms with Gasteiger partial charge in [0, 0.05) is 54.9 Å². The lowest BCUT2D eigenvalue weighted by Crippen LogP contribution is -2.52. The minimum atomic E-state index is -0.527. The molecule has 8 rings (SSSR count). The van der Waals surface area contributed by atoms with Crippen LogP contribution in [0.25, 0.3) is 39.3 Å². The average Bonchev–Trinajstić information content (AvgIpc) is 3.82. The lowest BCUT2D eigenvalue weighted by Gasteiger charge is -2.41. The number of imidazole rings is 1. The van der Waals surface area contributed by atoms with E-state index in [1.807, 2.05) is 31.3 Å². The van der Waals surface area contributed by atoms with Crippen molar-refractivity contribution in [2.75, 3.05) is 31.2 Å². The molecule has 252 valence electrons. The summed E-state index contributed by atoms with van der Waals surface area (Å²) < 4.78 is 10.1. The summed E-state index contributed by atoms with van der Waals surface area (Å²) in [5, 5.41) is 14.2. The number of para-hydroxylation sites is 1. The molecule has 0 bridgehead atoms. The third kappa shape index (κ3) is 5.52. The van der Waals surface area contributed by atoms with Gasteiger partial charge in [-0.1, -0.05) is 55.8 Å². The number of carbonyl (C=O) groups excluding carboxylic acids is 1. The molecule has 1 amide bonds. The Bertz CT molecular complexity index is 2100. The van der Waals surface area contributed by atoms with E-state index in [-0.39, 0.29) is 11.7 Å². The number of amides is 1. The van der Waals surface area contributed by atoms with Crippen LogP contribution >= 0.6 is 0 Å². The number of morpholine rings is 1. The van der Waals surface area contributed by atoms with Crippen LogP contribution < -0.4 is 10.2 Å². The number of nitrogens with zero attached hydrogens (tertiary/aromatic N) is 4. The van der Waals surface area contributed by atoms with Crippen molar-refractivity contribution in [3.8, 4) is 11.3 Å². The normalized spacial score (nSPS) is 18.0. The highest BCUT2D eigenvalue weighted by Crippen LogP contribution is 2.47. The second-order valence-electron chi connectivity index (χ2n) is 14.1. The number of nitrogens with one attached hydrogen (secondary N) is 1. The highest BCUT2D eigenvalue weighted by molar-refractivity contribution is 6.02. The zero-order valence-corrected chi connectivity index (χ0v) is 28.5. The lowest BCUT2D eigenvalue weighted by molar-refractivity contribution is 0.0805. The van der Waals surface area contributed by atoms with Gasteiger partial charge in [0.05, 0.1) is 35.5 Å². The number of aliphatic hydroxyl groups excluding tert-OH is 1. The van der Waals surface area contributed by atoms with Crippen LogP contribution in [0.3, 0.4) is 0 Å². The van der Waals surface area contributed by atoms with Gasteiger partial charge in [0.25, 0.3) is 5.91 Å². The number of hydrogen-bond donors (Lipinski definition) is 2. The molecular formula is C41H45N5O3. The average molecular weight is 656 g/mol. The number of allylic oxidation sites excluding steroid dienone is 1. The number of aromatic nitrogens is 3. The number of carbonyl (C=O) groups is 1. The number of aliphatic hydroxyl groups is 1. The van der Waals surface area contributed by atoms with Gasteiger partial charge in [-0.05, 0) is 85.6 Å². The number of benzene rings is 3. The van der Waals surface area contributed by atoms with E-state index in [1.54, 1.807) is 6.08 Å². The minimum Gasteiger partial charge on any atom is -0.509 e. The molecule has 5 aromatic rings. The fourth-order valence-electron chi connectivity index (χ4n) is 8.47. The standard InChI is InChI=1S/C41H45N5O3/c1-27(47)13-14-28-15-18-33-36(25-28)45(3)40(42-33)41(19-8-20-41)43-39(48)30-16-17-31-35(26-30)44(2)38(37(31)29-9-4-5-10-29)32-11-6-7-12-34(32)46-21-23-49-24-22-46/h6-7,11-18,25-26,29,47H,1,4-5,8-10,19-24H2,2-3H3,(H,43,48)/b14-13+. The molecule has 8 nitrogen and oxygen atoms in total. The third-order valence-corrected chi connectivity index (χ3v) is 11.1. The number of ether oxygens (including phenoxy) is 1. The Kier molecular flexibility index (Phi) is 8.07. The van der Waals surface area contributed by atoms with Crippen molar-refractivity contribution in [2.24, 2.45) is 14.1 Å². The van der Waals surface area contributed by atoms with E-state index < -0.39 is 5.54 Å². The molecule has 0 unspecified atom stereocenters. The first-order valence-corrected chi connectivity index (χ1v) is 17.7. The van der Waals surface area contributed by atoms with Crippen LogP contribution in [-0.2, 0) is 24.4 Å². The smallest absolute Gasteiger partial charge is 0.252 e. The number of rotatable bonds is 8. The molecule has 3 aliphatic rings. The molecule has 8 heteroatoms. The van der Waals surface area contributed by atoms with Crippen molar-refractivity contribution in [3.05, 3.63) is 102 Å². The Morgan fingerprint density at radius 2 is 1.76 bits per heavy atom. The van der Waals surface area contributed by atoms with Gasteiger partial charge in [0.15, 0.2) is 0 Å². The molecule has 1 saturated heterocycles. The van der Waals surface area contributed by atoms with Crippen LogP contribution in [0.1, 0.15) is 78.2 Å². The van der Waals surface area contributed by atoms with Crippen LogP contribution in [0.15, 0.2) is 79.1 Å². The van der Waals surface area contributed by atoms with Crippen molar-refractivity contribution < 1.29 is 14.6 Å². The number of hydrogen-bond acceptors (Lipinski definition) is 5. The number of anilines is 1. The summed E-state index contributed by atoms with van der Waals surface area (Å²) >= 11 is 0. The van der Waals surface area contributed by atoms with Crippen LogP contribution in [-0.4, -0.2) is 51.4 Å². The first-order valence-electron chi connectivity index (χ1n) is 17.7. The molecule has 3 heterocycles. The SMILES string of the molecule is C=C(O)/C=C/c1ccc2nc(C3(NC(=O)c4ccc5c(C6CCCC6)c(-c6ccccc6N6CCOCC6)n(C)c5c4)CCC3)n(C)c2c1. The van der Waals surface area contributed by atoms with E-state index in [9.17, 15) is 9.90 Å². The molecule has 3 fully saturated rings. The number of aryl methyl sites for hydroxylation is 2. The van der Waals surface area contributed by atoms with Crippen molar-refractivity contribution in [2.45, 2.75) is 56.4 Å². The monoisotopic (exact) mass is 655 g/mol. The fraction of sp³-hybridized carbons (Fsp3) is 0.366. The summed E-state index contributed by atoms with van der Waals surface area (Å²) in [5.41, 5.74) is 9.26. The van der Waals surface area contributed by atoms with E-state index in [0.717, 1.165) is 73.5 Å². The predicted molar refractivity (Wildman–Crippen MR) is 197 cm³/mol. The molecule has 3 aromatic carbocycles. The zero-order chi connectivity index (χ0) is 33.7. The Morgan fingerprint density at radius 1 is 0.980 bits per heavy atom. The van der Waals surface area contributed by atoms with Gasteiger partial charge >= 0.3 is 0 Å². The summed E-state index contributed by atoms with van der Waals surface area (Å²) in [6.45, 7) is 6.80. The summed E-state index contributed by atoms with van der Waals surface area (Å²) in [5.74, 6) is 1.32. The highest BCUT2D eigenvalue weighted by atomic mass is 16.5. The van der Waals surface area contributed by atoms with Crippen LogP contribution in [0, 0.1) is 0 Å². The molecule has 0 atom stereocenters. The van der Waals surface area contributed by atoms with E-state index in [4.69, 9.17) is 9.72 Å². The van der Waals surface area contributed by atoms with Gasteiger partial charge in [-0.15, -0.1) is 0 Å². The third-order valence-electron chi connectivity index (χ3n) is 11.1. The number of fused-ring (bicyclic) bond motifs is 2. The predicted octanol–water partition coefficient (Wildman–Crippen LogP) is 8.12. The van der Waals surface area contributed by atoms with E-state index in [0.29, 0.717) is 11.5 Å². The van der Waals surface area contributed by atoms with Crippen LogP contribution in [0.4, 0.5) is 5.69 Å². The van der Waals surface area contributed by atoms with Crippen molar-refractivity contribution in [1.82, 2.24) is 19.4 Å². The van der Waals surface area contributed by atoms with Crippen molar-refractivity contribution in [1.29, 1.82) is 0 Å². The van der Waals surface area contributed by atoms with Gasteiger partial charge in [0.1, 0.15) is 11.6 Å². The second kappa shape index (κ2) is 12.6. The maximum atomic E-state index is 14.2. The molecule has 2 aromatic heterocycles. The summed E-state index contributed by atoms with van der Waals surface area (Å²) in [6, 6.07) is 21.1. The molecule has 1 aliphatic heterocycles. The summed E-state index contributed by atoms with van der Waals surface area (Å²) in [6.07, 6.45) is 11.0. The first-order chi connectivity index (χ1) is 23.8. The quantitative estimate of drug-likeness (QED) is 0.130. The Balaban J connectivity index is 1.16. The molecular weight excluding hydrogens is 610 g/mol. The Morgan fingerprint density at radius 3 is 2.49 bits per heavy atom. The molecule has 0 spiro atoms. The van der Waals surface area contributed by atoms with Crippen molar-refractivity contribution >= 4 is 39.6 Å². The summed E-state index contributed by atoms with van der Waals surface area (Å²) in [4.78, 5) is 21.7. The Labute approximate surface area is 287 Å². The zero-order valence-electron chi connectivity index (χ0n) is 28.5. The van der Waals surface area contributed by atoms with Gasteiger partial charge in [-0.25, -0.2) is 4.98 Å². The van der Waals surface area contributed by atoms with Crippen molar-refractivity contribution in [3.63, 3.8) is 0 Å². The maximum absolute atomic E-state index is 14.2. The van der Waals surface area contributed by atoms with Crippen LogP contribution in [0.2, 0.25) is 0 Å². The topological polar surface area (TPSA) is 84.6 Å². The van der Waals surface area contributed by atoms with E-state index in [1.165, 1.54) is 53.6 Å². The minimum absolute atomic E-state index is 0.0132. The van der Waals surface area contributed by atoms with Gasteiger partial charge in [-0.2, -0.15) is 0 Å². The Hall–Kier alpha value is -4.82.